The van der Waals surface area contributed by atoms with Crippen LogP contribution in [0.2, 0.25) is 0 Å². The highest BCUT2D eigenvalue weighted by Gasteiger charge is 2.38. The first-order valence-corrected chi connectivity index (χ1v) is 12.4. The van der Waals surface area contributed by atoms with E-state index in [9.17, 15) is 24.5 Å². The molecule has 3 aromatic rings. The van der Waals surface area contributed by atoms with Crippen molar-refractivity contribution in [1.82, 2.24) is 4.90 Å². The maximum Gasteiger partial charge on any atom is 0.278 e. The number of benzene rings is 3. The van der Waals surface area contributed by atoms with Crippen LogP contribution in [0.3, 0.4) is 0 Å². The molecule has 1 heterocycles. The van der Waals surface area contributed by atoms with Crippen LogP contribution in [0, 0.1) is 10.1 Å². The van der Waals surface area contributed by atoms with Gasteiger partial charge in [0.2, 0.25) is 0 Å². The average molecular weight is 533 g/mol. The van der Waals surface area contributed by atoms with Crippen LogP contribution < -0.4 is 10.6 Å². The van der Waals surface area contributed by atoms with Gasteiger partial charge in [-0.25, -0.2) is 0 Å². The summed E-state index contributed by atoms with van der Waals surface area (Å²) in [5, 5.41) is 16.6. The first-order valence-electron chi connectivity index (χ1n) is 11.6. The summed E-state index contributed by atoms with van der Waals surface area (Å²) in [6.45, 7) is 0.664. The summed E-state index contributed by atoms with van der Waals surface area (Å²) in [4.78, 5) is 51.3. The first kappa shape index (κ1) is 26.6. The van der Waals surface area contributed by atoms with E-state index < -0.39 is 16.7 Å². The molecule has 11 heteroatoms. The summed E-state index contributed by atoms with van der Waals surface area (Å²) in [7, 11) is 1.56. The van der Waals surface area contributed by atoms with Gasteiger partial charge in [0, 0.05) is 54.2 Å². The molecule has 0 atom stereocenters. The van der Waals surface area contributed by atoms with E-state index in [1.54, 1.807) is 31.4 Å². The molecule has 3 amide bonds. The number of ether oxygens (including phenoxy) is 1. The number of nitro benzene ring substituents is 1. The van der Waals surface area contributed by atoms with Gasteiger partial charge in [0.15, 0.2) is 0 Å². The third-order valence-electron chi connectivity index (χ3n) is 5.57. The fraction of sp³-hybridized carbons (Fsp3) is 0.148. The summed E-state index contributed by atoms with van der Waals surface area (Å²) in [5.41, 5.74) is 1.57. The van der Waals surface area contributed by atoms with Crippen LogP contribution in [0.15, 0.2) is 94.4 Å². The number of thioether (sulfide) groups is 1. The quantitative estimate of drug-likeness (QED) is 0.158. The van der Waals surface area contributed by atoms with E-state index in [0.29, 0.717) is 29.3 Å². The molecular weight excluding hydrogens is 508 g/mol. The predicted octanol–water partition coefficient (Wildman–Crippen LogP) is 4.67. The molecule has 2 N–H and O–H groups in total. The van der Waals surface area contributed by atoms with Crippen LogP contribution in [0.4, 0.5) is 17.1 Å². The summed E-state index contributed by atoms with van der Waals surface area (Å²) in [5.74, 6) is -1.20. The topological polar surface area (TPSA) is 131 Å². The summed E-state index contributed by atoms with van der Waals surface area (Å²) in [6, 6.07) is 21.2. The van der Waals surface area contributed by atoms with E-state index >= 15 is 0 Å². The van der Waals surface area contributed by atoms with Crippen LogP contribution in [0.1, 0.15) is 16.8 Å². The van der Waals surface area contributed by atoms with Crippen molar-refractivity contribution in [3.63, 3.8) is 0 Å². The Hall–Kier alpha value is -4.48. The highest BCUT2D eigenvalue weighted by molar-refractivity contribution is 8.04. The van der Waals surface area contributed by atoms with Gasteiger partial charge in [-0.05, 0) is 55.0 Å². The second kappa shape index (κ2) is 12.2. The van der Waals surface area contributed by atoms with Crippen molar-refractivity contribution in [1.29, 1.82) is 0 Å². The first-order chi connectivity index (χ1) is 18.4. The molecule has 194 valence electrons. The number of imide groups is 1. The van der Waals surface area contributed by atoms with E-state index in [2.05, 4.69) is 10.6 Å². The Balaban J connectivity index is 1.49. The smallest absolute Gasteiger partial charge is 0.278 e. The lowest BCUT2D eigenvalue weighted by atomic mass is 10.2. The summed E-state index contributed by atoms with van der Waals surface area (Å²) in [6.07, 6.45) is 0.522. The average Bonchev–Trinajstić information content (AvgIpc) is 3.14. The largest absolute Gasteiger partial charge is 0.385 e. The molecular formula is C27H24N4O6S. The van der Waals surface area contributed by atoms with Gasteiger partial charge in [-0.2, -0.15) is 0 Å². The Morgan fingerprint density at radius 2 is 1.63 bits per heavy atom. The molecule has 0 bridgehead atoms. The number of amides is 3. The number of carbonyl (C=O) groups excluding carboxylic acids is 3. The van der Waals surface area contributed by atoms with Gasteiger partial charge in [0.05, 0.1) is 4.92 Å². The molecule has 0 saturated heterocycles. The van der Waals surface area contributed by atoms with E-state index in [4.69, 9.17) is 4.74 Å². The molecule has 0 unspecified atom stereocenters. The van der Waals surface area contributed by atoms with Gasteiger partial charge < -0.3 is 15.4 Å². The van der Waals surface area contributed by atoms with Crippen LogP contribution in [-0.4, -0.2) is 47.8 Å². The molecule has 0 aromatic heterocycles. The molecule has 1 aliphatic rings. The van der Waals surface area contributed by atoms with Gasteiger partial charge in [-0.1, -0.05) is 30.0 Å². The van der Waals surface area contributed by atoms with Crippen molar-refractivity contribution in [2.75, 3.05) is 30.9 Å². The van der Waals surface area contributed by atoms with Crippen molar-refractivity contribution in [2.45, 2.75) is 11.3 Å². The van der Waals surface area contributed by atoms with Gasteiger partial charge in [-0.3, -0.25) is 29.4 Å². The van der Waals surface area contributed by atoms with Crippen molar-refractivity contribution in [2.24, 2.45) is 0 Å². The van der Waals surface area contributed by atoms with E-state index in [1.807, 2.05) is 30.3 Å². The molecule has 0 saturated carbocycles. The lowest BCUT2D eigenvalue weighted by Gasteiger charge is -2.14. The lowest BCUT2D eigenvalue weighted by Crippen LogP contribution is -2.33. The number of nitrogens with one attached hydrogen (secondary N) is 2. The molecule has 0 aliphatic carbocycles. The lowest BCUT2D eigenvalue weighted by molar-refractivity contribution is -0.384. The van der Waals surface area contributed by atoms with Crippen molar-refractivity contribution >= 4 is 46.5 Å². The highest BCUT2D eigenvalue weighted by Crippen LogP contribution is 2.36. The zero-order valence-corrected chi connectivity index (χ0v) is 21.2. The Morgan fingerprint density at radius 3 is 2.26 bits per heavy atom. The number of anilines is 2. The van der Waals surface area contributed by atoms with Crippen molar-refractivity contribution in [3.05, 3.63) is 105 Å². The normalized spacial score (nSPS) is 13.1. The second-order valence-corrected chi connectivity index (χ2v) is 9.27. The fourth-order valence-electron chi connectivity index (χ4n) is 3.66. The number of nitro groups is 1. The van der Waals surface area contributed by atoms with Crippen LogP contribution in [-0.2, 0) is 14.3 Å². The Kier molecular flexibility index (Phi) is 8.51. The minimum absolute atomic E-state index is 0.101. The molecule has 0 fully saturated rings. The van der Waals surface area contributed by atoms with Gasteiger partial charge in [0.1, 0.15) is 10.6 Å². The summed E-state index contributed by atoms with van der Waals surface area (Å²) >= 11 is 1.16. The Morgan fingerprint density at radius 1 is 0.947 bits per heavy atom. The molecule has 10 nitrogen and oxygen atoms in total. The third kappa shape index (κ3) is 6.25. The van der Waals surface area contributed by atoms with Crippen LogP contribution >= 0.6 is 11.8 Å². The molecule has 1 aliphatic heterocycles. The monoisotopic (exact) mass is 532 g/mol. The predicted molar refractivity (Wildman–Crippen MR) is 144 cm³/mol. The molecule has 4 rings (SSSR count). The molecule has 0 spiro atoms. The van der Waals surface area contributed by atoms with Crippen molar-refractivity contribution < 1.29 is 24.0 Å². The van der Waals surface area contributed by atoms with E-state index in [-0.39, 0.29) is 34.3 Å². The van der Waals surface area contributed by atoms with Gasteiger partial charge in [-0.15, -0.1) is 0 Å². The van der Waals surface area contributed by atoms with E-state index in [0.717, 1.165) is 11.8 Å². The standard InChI is InChI=1S/C27H24N4O6S/c1-37-17-5-16-30-26(33)23(28-19-6-3-2-4-7-19)24(27(30)34)38-22-14-10-20(11-15-22)29-25(32)18-8-12-21(13-9-18)31(35)36/h2-4,6-15,28H,5,16-17H2,1H3,(H,29,32). The zero-order chi connectivity index (χ0) is 27.1. The molecule has 3 aromatic carbocycles. The molecule has 0 radical (unpaired) electrons. The second-order valence-electron chi connectivity index (χ2n) is 8.19. The minimum Gasteiger partial charge on any atom is -0.385 e. The van der Waals surface area contributed by atoms with E-state index in [1.165, 1.54) is 29.2 Å². The fourth-order valence-corrected chi connectivity index (χ4v) is 4.60. The number of hydrogen-bond donors (Lipinski definition) is 2. The number of hydrogen-bond acceptors (Lipinski definition) is 8. The number of non-ortho nitro benzene ring substituents is 1. The number of carbonyl (C=O) groups is 3. The van der Waals surface area contributed by atoms with Crippen LogP contribution in [0.5, 0.6) is 0 Å². The molecule has 38 heavy (non-hydrogen) atoms. The maximum absolute atomic E-state index is 13.2. The van der Waals surface area contributed by atoms with Gasteiger partial charge in [0.25, 0.3) is 23.4 Å². The summed E-state index contributed by atoms with van der Waals surface area (Å²) < 4.78 is 5.06. The van der Waals surface area contributed by atoms with Crippen LogP contribution in [0.25, 0.3) is 0 Å². The Labute approximate surface area is 222 Å². The number of para-hydroxylation sites is 1. The third-order valence-corrected chi connectivity index (χ3v) is 6.66. The minimum atomic E-state index is -0.532. The number of rotatable bonds is 11. The number of methoxy groups -OCH3 is 1. The Bertz CT molecular complexity index is 1370. The number of nitrogens with zero attached hydrogens (tertiary/aromatic N) is 2. The van der Waals surface area contributed by atoms with Gasteiger partial charge >= 0.3 is 0 Å². The SMILES string of the molecule is COCCCN1C(=O)C(Nc2ccccc2)=C(Sc2ccc(NC(=O)c3ccc([N+](=O)[O-])cc3)cc2)C1=O. The highest BCUT2D eigenvalue weighted by atomic mass is 32.2. The van der Waals surface area contributed by atoms with Crippen molar-refractivity contribution in [3.8, 4) is 0 Å². The maximum atomic E-state index is 13.2. The zero-order valence-electron chi connectivity index (χ0n) is 20.4.